The lowest BCUT2D eigenvalue weighted by Gasteiger charge is -2.45. The summed E-state index contributed by atoms with van der Waals surface area (Å²) in [5.74, 6) is 0.909. The molecule has 1 N–H and O–H groups in total. The van der Waals surface area contributed by atoms with Gasteiger partial charge in [0.2, 0.25) is 5.95 Å². The van der Waals surface area contributed by atoms with Gasteiger partial charge < -0.3 is 19.8 Å². The average molecular weight is 561 g/mol. The number of likely N-dealkylation sites (N-methyl/N-ethyl adjacent to an activating group) is 2. The van der Waals surface area contributed by atoms with E-state index in [1.807, 2.05) is 30.3 Å². The van der Waals surface area contributed by atoms with E-state index in [4.69, 9.17) is 21.6 Å². The Morgan fingerprint density at radius 1 is 0.975 bits per heavy atom. The largest absolute Gasteiger partial charge is 0.508 e. The SMILES string of the molecule is CN(C)C1CN(c2nc(N3CC4CCCC3CN4C)c3cc(Cl)c(-c4cc(O)cc5ccccc45)c(F)c3n2)C1. The van der Waals surface area contributed by atoms with Crippen molar-refractivity contribution in [3.8, 4) is 16.9 Å². The third-order valence-corrected chi connectivity index (χ3v) is 9.46. The standard InChI is InChI=1S/C31H34ClFN6O/c1-36(2)21-15-38(16-21)31-34-29-25(30(35-31)39-17-19-8-6-9-20(39)14-37(19)3)13-26(32)27(28(29)33)24-12-22(40)11-18-7-4-5-10-23(18)24/h4-5,7,10-13,19-21,40H,6,8-9,14-17H2,1-3H3. The average Bonchev–Trinajstić information content (AvgIpc) is 3.20. The third kappa shape index (κ3) is 4.16. The van der Waals surface area contributed by atoms with Gasteiger partial charge in [-0.15, -0.1) is 0 Å². The van der Waals surface area contributed by atoms with E-state index in [1.165, 1.54) is 6.42 Å². The molecule has 0 amide bonds. The summed E-state index contributed by atoms with van der Waals surface area (Å²) in [7, 11) is 6.35. The van der Waals surface area contributed by atoms with E-state index >= 15 is 4.39 Å². The van der Waals surface area contributed by atoms with Crippen LogP contribution in [0.15, 0.2) is 42.5 Å². The van der Waals surface area contributed by atoms with E-state index in [2.05, 4.69) is 40.7 Å². The molecule has 0 radical (unpaired) electrons. The molecule has 5 heterocycles. The summed E-state index contributed by atoms with van der Waals surface area (Å²) in [5.41, 5.74) is 1.08. The minimum atomic E-state index is -0.482. The van der Waals surface area contributed by atoms with Gasteiger partial charge in [0.25, 0.3) is 0 Å². The molecule has 208 valence electrons. The van der Waals surface area contributed by atoms with Gasteiger partial charge >= 0.3 is 0 Å². The van der Waals surface area contributed by atoms with Gasteiger partial charge in [0.05, 0.1) is 5.02 Å². The molecule has 4 aliphatic rings. The summed E-state index contributed by atoms with van der Waals surface area (Å²) in [6.45, 7) is 3.41. The Labute approximate surface area is 238 Å². The fourth-order valence-electron chi connectivity index (χ4n) is 6.73. The van der Waals surface area contributed by atoms with Crippen molar-refractivity contribution in [3.63, 3.8) is 0 Å². The number of fused-ring (bicyclic) bond motifs is 6. The molecule has 2 atom stereocenters. The Balaban J connectivity index is 1.44. The highest BCUT2D eigenvalue weighted by Gasteiger charge is 2.38. The summed E-state index contributed by atoms with van der Waals surface area (Å²) < 4.78 is 16.8. The molecule has 0 aliphatic carbocycles. The first kappa shape index (κ1) is 25.7. The molecule has 40 heavy (non-hydrogen) atoms. The maximum Gasteiger partial charge on any atom is 0.228 e. The van der Waals surface area contributed by atoms with E-state index < -0.39 is 5.82 Å². The van der Waals surface area contributed by atoms with Gasteiger partial charge in [-0.05, 0) is 74.9 Å². The zero-order valence-electron chi connectivity index (χ0n) is 23.1. The second-order valence-electron chi connectivity index (χ2n) is 11.9. The molecule has 3 aromatic carbocycles. The number of aromatic nitrogens is 2. The Morgan fingerprint density at radius 2 is 1.75 bits per heavy atom. The minimum absolute atomic E-state index is 0.0633. The molecule has 8 rings (SSSR count). The number of piperazine rings is 1. The number of phenols is 1. The first-order chi connectivity index (χ1) is 19.3. The lowest BCUT2D eigenvalue weighted by molar-refractivity contribution is 0.202. The van der Waals surface area contributed by atoms with Crippen molar-refractivity contribution in [1.82, 2.24) is 19.8 Å². The van der Waals surface area contributed by atoms with Gasteiger partial charge in [-0.1, -0.05) is 35.9 Å². The highest BCUT2D eigenvalue weighted by atomic mass is 35.5. The van der Waals surface area contributed by atoms with Gasteiger partial charge in [0.15, 0.2) is 5.82 Å². The molecule has 0 saturated carbocycles. The lowest BCUT2D eigenvalue weighted by atomic mass is 9.96. The van der Waals surface area contributed by atoms with Crippen molar-refractivity contribution < 1.29 is 9.50 Å². The lowest BCUT2D eigenvalue weighted by Crippen LogP contribution is -2.58. The van der Waals surface area contributed by atoms with Gasteiger partial charge in [-0.25, -0.2) is 9.37 Å². The number of anilines is 2. The van der Waals surface area contributed by atoms with Crippen LogP contribution in [0.4, 0.5) is 16.2 Å². The van der Waals surface area contributed by atoms with Crippen molar-refractivity contribution in [3.05, 3.63) is 53.3 Å². The molecular weight excluding hydrogens is 527 g/mol. The summed E-state index contributed by atoms with van der Waals surface area (Å²) in [5, 5.41) is 13.1. The number of nitrogens with zero attached hydrogens (tertiary/aromatic N) is 6. The molecule has 4 aromatic rings. The van der Waals surface area contributed by atoms with Crippen molar-refractivity contribution in [1.29, 1.82) is 0 Å². The molecule has 1 aromatic heterocycles. The molecule has 7 nitrogen and oxygen atoms in total. The van der Waals surface area contributed by atoms with Crippen LogP contribution in [0.2, 0.25) is 5.02 Å². The first-order valence-electron chi connectivity index (χ1n) is 14.1. The Bertz CT molecular complexity index is 1620. The Morgan fingerprint density at radius 3 is 2.55 bits per heavy atom. The number of hydrogen-bond acceptors (Lipinski definition) is 7. The molecule has 0 spiro atoms. The van der Waals surface area contributed by atoms with Gasteiger partial charge in [0, 0.05) is 55.3 Å². The predicted octanol–water partition coefficient (Wildman–Crippen LogP) is 5.37. The summed E-state index contributed by atoms with van der Waals surface area (Å²) in [6.07, 6.45) is 3.41. The number of aromatic hydroxyl groups is 1. The normalized spacial score (nSPS) is 21.9. The topological polar surface area (TPSA) is 59.0 Å². The van der Waals surface area contributed by atoms with Crippen LogP contribution in [0.3, 0.4) is 0 Å². The van der Waals surface area contributed by atoms with Gasteiger partial charge in [-0.2, -0.15) is 4.98 Å². The number of rotatable bonds is 4. The number of halogens is 2. The molecule has 2 unspecified atom stereocenters. The molecule has 2 bridgehead atoms. The smallest absolute Gasteiger partial charge is 0.228 e. The second kappa shape index (κ2) is 9.72. The predicted molar refractivity (Wildman–Crippen MR) is 160 cm³/mol. The maximum absolute atomic E-state index is 16.8. The Kier molecular flexibility index (Phi) is 6.25. The van der Waals surface area contributed by atoms with Gasteiger partial charge in [0.1, 0.15) is 17.1 Å². The van der Waals surface area contributed by atoms with E-state index in [-0.39, 0.29) is 21.9 Å². The summed E-state index contributed by atoms with van der Waals surface area (Å²) >= 11 is 6.92. The van der Waals surface area contributed by atoms with E-state index in [0.29, 0.717) is 35.0 Å². The highest BCUT2D eigenvalue weighted by molar-refractivity contribution is 6.35. The molecular formula is C31H34ClFN6O. The number of hydrogen-bond donors (Lipinski definition) is 1. The van der Waals surface area contributed by atoms with Crippen LogP contribution < -0.4 is 9.80 Å². The number of benzene rings is 3. The third-order valence-electron chi connectivity index (χ3n) is 9.16. The maximum atomic E-state index is 16.8. The zero-order valence-corrected chi connectivity index (χ0v) is 23.9. The van der Waals surface area contributed by atoms with E-state index in [1.54, 1.807) is 12.1 Å². The zero-order chi connectivity index (χ0) is 27.7. The van der Waals surface area contributed by atoms with Crippen LogP contribution in [-0.2, 0) is 0 Å². The fourth-order valence-corrected chi connectivity index (χ4v) is 7.02. The quantitative estimate of drug-likeness (QED) is 0.360. The molecule has 4 aliphatic heterocycles. The van der Waals surface area contributed by atoms with E-state index in [0.717, 1.165) is 55.6 Å². The van der Waals surface area contributed by atoms with Crippen LogP contribution in [0.5, 0.6) is 5.75 Å². The van der Waals surface area contributed by atoms with Crippen LogP contribution >= 0.6 is 11.6 Å². The van der Waals surface area contributed by atoms with E-state index in [9.17, 15) is 5.11 Å². The van der Waals surface area contributed by atoms with Crippen LogP contribution in [0.1, 0.15) is 19.3 Å². The minimum Gasteiger partial charge on any atom is -0.508 e. The molecule has 9 heteroatoms. The van der Waals surface area contributed by atoms with Crippen molar-refractivity contribution in [2.75, 3.05) is 57.1 Å². The second-order valence-corrected chi connectivity index (χ2v) is 12.3. The van der Waals surface area contributed by atoms with Gasteiger partial charge in [-0.3, -0.25) is 4.90 Å². The van der Waals surface area contributed by atoms with Crippen LogP contribution in [-0.4, -0.2) is 90.3 Å². The summed E-state index contributed by atoms with van der Waals surface area (Å²) in [6, 6.07) is 13.9. The van der Waals surface area contributed by atoms with Crippen LogP contribution in [0, 0.1) is 5.82 Å². The monoisotopic (exact) mass is 560 g/mol. The fraction of sp³-hybridized carbons (Fsp3) is 0.419. The number of phenolic OH excluding ortho intramolecular Hbond substituents is 1. The van der Waals surface area contributed by atoms with Crippen LogP contribution in [0.25, 0.3) is 32.8 Å². The Hall–Kier alpha value is -3.20. The van der Waals surface area contributed by atoms with Crippen molar-refractivity contribution >= 4 is 45.0 Å². The molecule has 4 saturated heterocycles. The molecule has 4 fully saturated rings. The van der Waals surface area contributed by atoms with Crippen molar-refractivity contribution in [2.45, 2.75) is 37.4 Å². The highest BCUT2D eigenvalue weighted by Crippen LogP contribution is 2.43. The first-order valence-corrected chi connectivity index (χ1v) is 14.5. The van der Waals surface area contributed by atoms with Crippen molar-refractivity contribution in [2.24, 2.45) is 0 Å². The summed E-state index contributed by atoms with van der Waals surface area (Å²) in [4.78, 5) is 19.1.